The van der Waals surface area contributed by atoms with E-state index in [1.165, 1.54) is 0 Å². The molecule has 0 aromatic carbocycles. The number of allylic oxidation sites excluding steroid dienone is 2. The summed E-state index contributed by atoms with van der Waals surface area (Å²) in [5.41, 5.74) is 0.865. The molecule has 0 N–H and O–H groups in total. The van der Waals surface area contributed by atoms with E-state index in [9.17, 15) is 4.79 Å². The predicted molar refractivity (Wildman–Crippen MR) is 48.5 cm³/mol. The molecule has 0 radical (unpaired) electrons. The monoisotopic (exact) mass is 166 g/mol. The Kier molecular flexibility index (Phi) is 4.87. The van der Waals surface area contributed by atoms with Gasteiger partial charge in [0.2, 0.25) is 0 Å². The summed E-state index contributed by atoms with van der Waals surface area (Å²) in [6.45, 7) is 7.64. The molecule has 0 aromatic rings. The molecule has 0 aliphatic carbocycles. The van der Waals surface area contributed by atoms with Gasteiger partial charge in [0.15, 0.2) is 5.76 Å². The fourth-order valence-electron chi connectivity index (χ4n) is 0.752. The van der Waals surface area contributed by atoms with Crippen LogP contribution < -0.4 is 0 Å². The van der Waals surface area contributed by atoms with Crippen LogP contribution in [-0.2, 0) is 9.53 Å². The minimum atomic E-state index is -0.237. The van der Waals surface area contributed by atoms with Gasteiger partial charge in [0.25, 0.3) is 5.78 Å². The van der Waals surface area contributed by atoms with Crippen LogP contribution in [0.1, 0.15) is 27.7 Å². The number of hydrogen-bond acceptors (Lipinski definition) is 2. The Balaban J connectivity index is 4.61. The first kappa shape index (κ1) is 10.8. The maximum absolute atomic E-state index is 11.2. The van der Waals surface area contributed by atoms with Crippen LogP contribution in [-0.4, -0.2) is 12.4 Å². The summed E-state index contributed by atoms with van der Waals surface area (Å²) in [5, 5.41) is 0. The van der Waals surface area contributed by atoms with Gasteiger partial charge in [-0.2, -0.15) is 0 Å². The van der Waals surface area contributed by atoms with Gasteiger partial charge in [0.1, 0.15) is 0 Å². The van der Waals surface area contributed by atoms with Gasteiger partial charge in [-0.1, -0.05) is 5.92 Å². The molecule has 2 heteroatoms. The third kappa shape index (κ3) is 3.25. The highest BCUT2D eigenvalue weighted by Gasteiger charge is 2.08. The lowest BCUT2D eigenvalue weighted by atomic mass is 10.2. The molecule has 66 valence electrons. The van der Waals surface area contributed by atoms with Crippen molar-refractivity contribution >= 4 is 5.78 Å². The number of carbonyl (C=O) groups excluding carboxylic acids is 1. The molecular weight excluding hydrogens is 152 g/mol. The number of hydrogen-bond donors (Lipinski definition) is 0. The minimum absolute atomic E-state index is 0.237. The number of ether oxygens (including phenoxy) is 1. The van der Waals surface area contributed by atoms with Gasteiger partial charge < -0.3 is 4.74 Å². The molecule has 0 aliphatic heterocycles. The summed E-state index contributed by atoms with van der Waals surface area (Å²) >= 11 is 0. The lowest BCUT2D eigenvalue weighted by Crippen LogP contribution is -2.05. The van der Waals surface area contributed by atoms with Gasteiger partial charge in [0.05, 0.1) is 6.61 Å². The van der Waals surface area contributed by atoms with Crippen molar-refractivity contribution in [3.05, 3.63) is 11.3 Å². The first-order valence-electron chi connectivity index (χ1n) is 3.90. The highest BCUT2D eigenvalue weighted by Crippen LogP contribution is 2.05. The molecule has 0 saturated carbocycles. The first-order chi connectivity index (χ1) is 5.63. The second kappa shape index (κ2) is 5.42. The molecule has 0 bridgehead atoms. The predicted octanol–water partition coefficient (Wildman–Crippen LogP) is 1.91. The van der Waals surface area contributed by atoms with E-state index in [4.69, 9.17) is 4.74 Å². The Morgan fingerprint density at radius 1 is 1.42 bits per heavy atom. The fourth-order valence-corrected chi connectivity index (χ4v) is 0.752. The van der Waals surface area contributed by atoms with Crippen molar-refractivity contribution in [2.75, 3.05) is 6.61 Å². The van der Waals surface area contributed by atoms with E-state index in [0.29, 0.717) is 12.4 Å². The van der Waals surface area contributed by atoms with Crippen LogP contribution in [0.25, 0.3) is 0 Å². The molecule has 0 aromatic heterocycles. The third-order valence-electron chi connectivity index (χ3n) is 1.19. The van der Waals surface area contributed by atoms with Crippen molar-refractivity contribution in [3.8, 4) is 11.8 Å². The van der Waals surface area contributed by atoms with Crippen molar-refractivity contribution in [3.63, 3.8) is 0 Å². The van der Waals surface area contributed by atoms with Crippen molar-refractivity contribution in [2.24, 2.45) is 0 Å². The molecule has 0 amide bonds. The number of ketones is 1. The Labute approximate surface area is 73.6 Å². The Bertz CT molecular complexity index is 247. The quantitative estimate of drug-likeness (QED) is 0.277. The average molecular weight is 166 g/mol. The average Bonchev–Trinajstić information content (AvgIpc) is 1.99. The number of rotatable bonds is 3. The summed E-state index contributed by atoms with van der Waals surface area (Å²) in [7, 11) is 0. The zero-order chi connectivity index (χ0) is 9.56. The topological polar surface area (TPSA) is 26.3 Å². The number of carbonyl (C=O) groups is 1. The van der Waals surface area contributed by atoms with Gasteiger partial charge in [-0.3, -0.25) is 4.79 Å². The molecule has 0 saturated heterocycles. The van der Waals surface area contributed by atoms with E-state index in [1.807, 2.05) is 20.8 Å². The molecule has 2 nitrogen and oxygen atoms in total. The minimum Gasteiger partial charge on any atom is -0.489 e. The molecule has 0 atom stereocenters. The molecule has 0 heterocycles. The van der Waals surface area contributed by atoms with Gasteiger partial charge >= 0.3 is 0 Å². The Morgan fingerprint density at radius 3 is 2.33 bits per heavy atom. The zero-order valence-electron chi connectivity index (χ0n) is 8.02. The molecule has 0 rings (SSSR count). The first-order valence-corrected chi connectivity index (χ1v) is 3.90. The molecule has 0 spiro atoms. The van der Waals surface area contributed by atoms with Crippen molar-refractivity contribution in [1.82, 2.24) is 0 Å². The number of Topliss-reactive ketones (excluding diaryl/α,β-unsaturated/α-hetero) is 1. The van der Waals surface area contributed by atoms with E-state index in [0.717, 1.165) is 5.57 Å². The van der Waals surface area contributed by atoms with Gasteiger partial charge in [-0.25, -0.2) is 0 Å². The van der Waals surface area contributed by atoms with Crippen LogP contribution in [0.4, 0.5) is 0 Å². The van der Waals surface area contributed by atoms with Crippen LogP contribution in [0, 0.1) is 11.8 Å². The Morgan fingerprint density at radius 2 is 2.00 bits per heavy atom. The van der Waals surface area contributed by atoms with Gasteiger partial charge in [-0.05, 0) is 39.2 Å². The molecule has 0 fully saturated rings. The maximum atomic E-state index is 11.2. The normalized spacial score (nSPS) is 8.00. The van der Waals surface area contributed by atoms with E-state index >= 15 is 0 Å². The molecular formula is C10H14O2. The second-order valence-corrected chi connectivity index (χ2v) is 2.47. The Hall–Kier alpha value is -1.23. The molecule has 12 heavy (non-hydrogen) atoms. The lowest BCUT2D eigenvalue weighted by molar-refractivity contribution is -0.113. The SMILES string of the molecule is CC#CC(=O)C(OCC)=C(C)C. The third-order valence-corrected chi connectivity index (χ3v) is 1.19. The van der Waals surface area contributed by atoms with Crippen LogP contribution >= 0.6 is 0 Å². The van der Waals surface area contributed by atoms with Crippen LogP contribution in [0.3, 0.4) is 0 Å². The highest BCUT2D eigenvalue weighted by molar-refractivity contribution is 6.07. The van der Waals surface area contributed by atoms with Gasteiger partial charge in [-0.15, -0.1) is 0 Å². The van der Waals surface area contributed by atoms with Crippen LogP contribution in [0.15, 0.2) is 11.3 Å². The van der Waals surface area contributed by atoms with E-state index in [-0.39, 0.29) is 5.78 Å². The summed E-state index contributed by atoms with van der Waals surface area (Å²) < 4.78 is 5.15. The summed E-state index contributed by atoms with van der Waals surface area (Å²) in [6.07, 6.45) is 0. The van der Waals surface area contributed by atoms with E-state index in [2.05, 4.69) is 11.8 Å². The largest absolute Gasteiger partial charge is 0.489 e. The second-order valence-electron chi connectivity index (χ2n) is 2.47. The summed E-state index contributed by atoms with van der Waals surface area (Å²) in [6, 6.07) is 0. The fraction of sp³-hybridized carbons (Fsp3) is 0.500. The van der Waals surface area contributed by atoms with Crippen molar-refractivity contribution < 1.29 is 9.53 Å². The molecule has 0 aliphatic rings. The lowest BCUT2D eigenvalue weighted by Gasteiger charge is -2.05. The maximum Gasteiger partial charge on any atom is 0.270 e. The van der Waals surface area contributed by atoms with Gasteiger partial charge in [0, 0.05) is 0 Å². The standard InChI is InChI=1S/C10H14O2/c1-5-7-9(11)10(8(3)4)12-6-2/h6H2,1-4H3. The molecule has 0 unspecified atom stereocenters. The van der Waals surface area contributed by atoms with E-state index < -0.39 is 0 Å². The van der Waals surface area contributed by atoms with Crippen molar-refractivity contribution in [2.45, 2.75) is 27.7 Å². The summed E-state index contributed by atoms with van der Waals surface area (Å²) in [4.78, 5) is 11.2. The smallest absolute Gasteiger partial charge is 0.270 e. The van der Waals surface area contributed by atoms with E-state index in [1.54, 1.807) is 6.92 Å². The van der Waals surface area contributed by atoms with Crippen LogP contribution in [0.2, 0.25) is 0 Å². The van der Waals surface area contributed by atoms with Crippen LogP contribution in [0.5, 0.6) is 0 Å². The highest BCUT2D eigenvalue weighted by atomic mass is 16.5. The zero-order valence-corrected chi connectivity index (χ0v) is 8.02. The summed E-state index contributed by atoms with van der Waals surface area (Å²) in [5.74, 6) is 5.13. The van der Waals surface area contributed by atoms with Crippen molar-refractivity contribution in [1.29, 1.82) is 0 Å².